The van der Waals surface area contributed by atoms with Crippen LogP contribution in [0.4, 0.5) is 13.2 Å². The molecule has 3 aromatic carbocycles. The Morgan fingerprint density at radius 3 is 2.34 bits per heavy atom. The van der Waals surface area contributed by atoms with E-state index < -0.39 is 23.3 Å². The molecule has 0 radical (unpaired) electrons. The van der Waals surface area contributed by atoms with Gasteiger partial charge < -0.3 is 23.7 Å². The fourth-order valence-corrected chi connectivity index (χ4v) is 3.57. The maximum Gasteiger partial charge on any atom is 0.416 e. The van der Waals surface area contributed by atoms with E-state index in [0.717, 1.165) is 12.1 Å². The lowest BCUT2D eigenvalue weighted by Gasteiger charge is -2.13. The minimum absolute atomic E-state index is 0.000894. The first-order chi connectivity index (χ1) is 16.7. The largest absolute Gasteiger partial charge is 0.504 e. The molecule has 1 aromatic heterocycles. The Morgan fingerprint density at radius 2 is 1.66 bits per heavy atom. The summed E-state index contributed by atoms with van der Waals surface area (Å²) in [6, 6.07) is 12.6. The smallest absolute Gasteiger partial charge is 0.416 e. The summed E-state index contributed by atoms with van der Waals surface area (Å²) in [5.41, 5.74) is -0.152. The zero-order valence-corrected chi connectivity index (χ0v) is 18.6. The maximum absolute atomic E-state index is 13.0. The van der Waals surface area contributed by atoms with Crippen LogP contribution in [0.2, 0.25) is 0 Å². The highest BCUT2D eigenvalue weighted by atomic mass is 19.4. The van der Waals surface area contributed by atoms with Crippen molar-refractivity contribution >= 4 is 22.8 Å². The van der Waals surface area contributed by atoms with E-state index in [-0.39, 0.29) is 34.1 Å². The van der Waals surface area contributed by atoms with Gasteiger partial charge in [-0.3, -0.25) is 4.79 Å². The van der Waals surface area contributed by atoms with Crippen LogP contribution in [0, 0.1) is 0 Å². The zero-order valence-electron chi connectivity index (χ0n) is 18.6. The normalized spacial score (nSPS) is 11.7. The first kappa shape index (κ1) is 23.7. The molecule has 0 fully saturated rings. The Morgan fingerprint density at radius 1 is 0.971 bits per heavy atom. The molecule has 6 nitrogen and oxygen atoms in total. The van der Waals surface area contributed by atoms with Gasteiger partial charge >= 0.3 is 6.18 Å². The number of hydrogen-bond acceptors (Lipinski definition) is 6. The van der Waals surface area contributed by atoms with Crippen molar-refractivity contribution in [2.75, 3.05) is 14.2 Å². The van der Waals surface area contributed by atoms with Crippen molar-refractivity contribution in [3.8, 4) is 28.7 Å². The molecule has 0 aliphatic rings. The van der Waals surface area contributed by atoms with E-state index in [2.05, 4.69) is 0 Å². The third kappa shape index (κ3) is 4.79. The molecular formula is C26H19F3O6. The van der Waals surface area contributed by atoms with Crippen LogP contribution in [0.3, 0.4) is 0 Å². The second-order valence-corrected chi connectivity index (χ2v) is 7.35. The van der Waals surface area contributed by atoms with E-state index >= 15 is 0 Å². The Balaban J connectivity index is 1.61. The molecule has 4 aromatic rings. The second kappa shape index (κ2) is 9.46. The fourth-order valence-electron chi connectivity index (χ4n) is 3.57. The number of rotatable bonds is 7. The van der Waals surface area contributed by atoms with Crippen LogP contribution in [-0.2, 0) is 6.18 Å². The van der Waals surface area contributed by atoms with Crippen molar-refractivity contribution in [1.82, 2.24) is 0 Å². The van der Waals surface area contributed by atoms with Crippen LogP contribution in [0.5, 0.6) is 28.7 Å². The number of halogens is 3. The number of carbonyl (C=O) groups excluding carboxylic acids is 1. The summed E-state index contributed by atoms with van der Waals surface area (Å²) in [4.78, 5) is 13.0. The molecule has 35 heavy (non-hydrogen) atoms. The third-order valence-electron chi connectivity index (χ3n) is 5.13. The number of phenols is 1. The van der Waals surface area contributed by atoms with Gasteiger partial charge in [0.25, 0.3) is 0 Å². The van der Waals surface area contributed by atoms with Gasteiger partial charge in [0.2, 0.25) is 5.75 Å². The van der Waals surface area contributed by atoms with Crippen LogP contribution >= 0.6 is 0 Å². The molecule has 180 valence electrons. The molecule has 0 atom stereocenters. The van der Waals surface area contributed by atoms with E-state index in [1.807, 2.05) is 0 Å². The maximum atomic E-state index is 13.0. The number of hydrogen-bond donors (Lipinski definition) is 1. The molecule has 0 saturated carbocycles. The van der Waals surface area contributed by atoms with E-state index in [1.165, 1.54) is 44.8 Å². The zero-order chi connectivity index (χ0) is 25.2. The number of fused-ring (bicyclic) bond motifs is 1. The Hall–Kier alpha value is -4.40. The van der Waals surface area contributed by atoms with Crippen molar-refractivity contribution in [2.24, 2.45) is 0 Å². The highest BCUT2D eigenvalue weighted by Crippen LogP contribution is 2.46. The fraction of sp³-hybridized carbons (Fsp3) is 0.115. The van der Waals surface area contributed by atoms with Crippen molar-refractivity contribution < 1.29 is 41.7 Å². The van der Waals surface area contributed by atoms with Crippen LogP contribution in [0.25, 0.3) is 17.0 Å². The summed E-state index contributed by atoms with van der Waals surface area (Å²) in [5, 5.41) is 11.1. The number of furan rings is 1. The number of aromatic hydroxyl groups is 1. The van der Waals surface area contributed by atoms with E-state index in [1.54, 1.807) is 30.3 Å². The third-order valence-corrected chi connectivity index (χ3v) is 5.13. The molecule has 1 heterocycles. The first-order valence-electron chi connectivity index (χ1n) is 10.2. The molecule has 0 aliphatic carbocycles. The number of ether oxygens (including phenoxy) is 3. The predicted octanol–water partition coefficient (Wildman–Crippen LogP) is 6.86. The van der Waals surface area contributed by atoms with Gasteiger partial charge in [-0.25, -0.2) is 0 Å². The van der Waals surface area contributed by atoms with Crippen molar-refractivity contribution in [3.63, 3.8) is 0 Å². The molecule has 0 aliphatic heterocycles. The summed E-state index contributed by atoms with van der Waals surface area (Å²) in [6.07, 6.45) is -0.396. The van der Waals surface area contributed by atoms with Gasteiger partial charge in [0.1, 0.15) is 22.8 Å². The SMILES string of the molecule is COc1c(C(=O)/C=C/c2cccc(Oc3cccc(C(F)(F)F)c3)c2)c(O)c(OC)c2occc12. The van der Waals surface area contributed by atoms with Gasteiger partial charge in [-0.2, -0.15) is 13.2 Å². The number of carbonyl (C=O) groups is 1. The molecule has 1 N–H and O–H groups in total. The van der Waals surface area contributed by atoms with E-state index in [9.17, 15) is 23.1 Å². The minimum atomic E-state index is -4.49. The van der Waals surface area contributed by atoms with E-state index in [0.29, 0.717) is 10.9 Å². The highest BCUT2D eigenvalue weighted by molar-refractivity contribution is 6.15. The topological polar surface area (TPSA) is 78.1 Å². The van der Waals surface area contributed by atoms with Crippen LogP contribution in [0.1, 0.15) is 21.5 Å². The monoisotopic (exact) mass is 484 g/mol. The summed E-state index contributed by atoms with van der Waals surface area (Å²) < 4.78 is 60.3. The average molecular weight is 484 g/mol. The van der Waals surface area contributed by atoms with Gasteiger partial charge in [-0.15, -0.1) is 0 Å². The van der Waals surface area contributed by atoms with Crippen molar-refractivity contribution in [2.45, 2.75) is 6.18 Å². The molecular weight excluding hydrogens is 465 g/mol. The number of phenolic OH excluding ortho intramolecular Hbond substituents is 1. The number of alkyl halides is 3. The summed E-state index contributed by atoms with van der Waals surface area (Å²) in [7, 11) is 2.70. The standard InChI is InChI=1S/C26H19F3O6/c1-32-23-19-11-12-34-24(19)25(33-2)22(31)21(23)20(30)10-9-15-5-3-7-17(13-15)35-18-8-4-6-16(14-18)26(27,28)29/h3-14,31H,1-2H3/b10-9+. The van der Waals surface area contributed by atoms with Gasteiger partial charge in [0.05, 0.1) is 31.4 Å². The van der Waals surface area contributed by atoms with Crippen LogP contribution in [-0.4, -0.2) is 25.1 Å². The summed E-state index contributed by atoms with van der Waals surface area (Å²) in [6.45, 7) is 0. The molecule has 0 unspecified atom stereocenters. The van der Waals surface area contributed by atoms with Gasteiger partial charge in [-0.1, -0.05) is 24.3 Å². The predicted molar refractivity (Wildman–Crippen MR) is 122 cm³/mol. The minimum Gasteiger partial charge on any atom is -0.504 e. The highest BCUT2D eigenvalue weighted by Gasteiger charge is 2.30. The number of allylic oxidation sites excluding steroid dienone is 1. The van der Waals surface area contributed by atoms with Crippen molar-refractivity contribution in [3.05, 3.63) is 83.6 Å². The van der Waals surface area contributed by atoms with Gasteiger partial charge in [-0.05, 0) is 48.0 Å². The van der Waals surface area contributed by atoms with Gasteiger partial charge in [0, 0.05) is 0 Å². The Bertz CT molecular complexity index is 1420. The molecule has 9 heteroatoms. The Labute approximate surface area is 197 Å². The second-order valence-electron chi connectivity index (χ2n) is 7.35. The van der Waals surface area contributed by atoms with Crippen LogP contribution < -0.4 is 14.2 Å². The van der Waals surface area contributed by atoms with Gasteiger partial charge in [0.15, 0.2) is 17.1 Å². The van der Waals surface area contributed by atoms with Crippen molar-refractivity contribution in [1.29, 1.82) is 0 Å². The molecule has 0 spiro atoms. The lowest BCUT2D eigenvalue weighted by Crippen LogP contribution is -2.04. The van der Waals surface area contributed by atoms with Crippen LogP contribution in [0.15, 0.2) is 71.4 Å². The quantitative estimate of drug-likeness (QED) is 0.228. The molecule has 0 saturated heterocycles. The van der Waals surface area contributed by atoms with E-state index in [4.69, 9.17) is 18.6 Å². The lowest BCUT2D eigenvalue weighted by atomic mass is 10.0. The lowest BCUT2D eigenvalue weighted by molar-refractivity contribution is -0.137. The number of benzene rings is 3. The molecule has 0 amide bonds. The Kier molecular flexibility index (Phi) is 6.42. The number of ketones is 1. The number of methoxy groups -OCH3 is 2. The molecule has 4 rings (SSSR count). The molecule has 0 bridgehead atoms. The average Bonchev–Trinajstić information content (AvgIpc) is 3.31. The first-order valence-corrected chi connectivity index (χ1v) is 10.2. The summed E-state index contributed by atoms with van der Waals surface area (Å²) >= 11 is 0. The summed E-state index contributed by atoms with van der Waals surface area (Å²) in [5.74, 6) is -0.566.